The Labute approximate surface area is 122 Å². The third-order valence-corrected chi connectivity index (χ3v) is 3.76. The fourth-order valence-electron chi connectivity index (χ4n) is 2.63. The average molecular weight is 281 g/mol. The molecule has 0 saturated carbocycles. The minimum atomic E-state index is -0.199. The van der Waals surface area contributed by atoms with Crippen LogP contribution in [-0.4, -0.2) is 41.9 Å². The fourth-order valence-corrected chi connectivity index (χ4v) is 2.63. The third-order valence-electron chi connectivity index (χ3n) is 3.76. The molecule has 0 spiro atoms. The number of ketones is 1. The lowest BCUT2D eigenvalue weighted by Gasteiger charge is -2.16. The highest BCUT2D eigenvalue weighted by atomic mass is 16.3. The lowest BCUT2D eigenvalue weighted by molar-refractivity contribution is 0.0767. The number of amides is 1. The maximum absolute atomic E-state index is 12.4. The van der Waals surface area contributed by atoms with Gasteiger partial charge in [0.15, 0.2) is 5.78 Å². The standard InChI is InChI=1S/C17H15NO3/c1-18(8-9-19)17(21)11-6-7-13-12-4-2-3-5-14(12)16(20)15(13)10-11/h2-7,10,19H,8-9H2,1H3. The lowest BCUT2D eigenvalue weighted by Crippen LogP contribution is -2.29. The van der Waals surface area contributed by atoms with Crippen LogP contribution in [0.5, 0.6) is 0 Å². The van der Waals surface area contributed by atoms with E-state index >= 15 is 0 Å². The molecule has 0 saturated heterocycles. The van der Waals surface area contributed by atoms with Crippen molar-refractivity contribution in [3.8, 4) is 11.1 Å². The number of hydrogen-bond acceptors (Lipinski definition) is 3. The van der Waals surface area contributed by atoms with Crippen molar-refractivity contribution >= 4 is 11.7 Å². The van der Waals surface area contributed by atoms with E-state index in [9.17, 15) is 9.59 Å². The maximum atomic E-state index is 12.4. The van der Waals surface area contributed by atoms with Gasteiger partial charge in [0.1, 0.15) is 0 Å². The molecule has 0 bridgehead atoms. The molecule has 2 aromatic rings. The van der Waals surface area contributed by atoms with Gasteiger partial charge in [-0.25, -0.2) is 0 Å². The minimum Gasteiger partial charge on any atom is -0.395 e. The summed E-state index contributed by atoms with van der Waals surface area (Å²) in [4.78, 5) is 26.0. The Morgan fingerprint density at radius 1 is 1.05 bits per heavy atom. The number of carbonyl (C=O) groups excluding carboxylic acids is 2. The Kier molecular flexibility index (Phi) is 3.31. The van der Waals surface area contributed by atoms with Crippen LogP contribution in [0.2, 0.25) is 0 Å². The quantitative estimate of drug-likeness (QED) is 0.798. The van der Waals surface area contributed by atoms with Crippen LogP contribution in [0.15, 0.2) is 42.5 Å². The zero-order valence-electron chi connectivity index (χ0n) is 11.7. The van der Waals surface area contributed by atoms with E-state index in [1.165, 1.54) is 4.90 Å². The van der Waals surface area contributed by atoms with Crippen LogP contribution in [0.4, 0.5) is 0 Å². The zero-order valence-corrected chi connectivity index (χ0v) is 11.7. The number of aliphatic hydroxyl groups excluding tert-OH is 1. The van der Waals surface area contributed by atoms with Gasteiger partial charge in [-0.2, -0.15) is 0 Å². The first kappa shape index (κ1) is 13.5. The number of aliphatic hydroxyl groups is 1. The van der Waals surface area contributed by atoms with Gasteiger partial charge in [-0.15, -0.1) is 0 Å². The van der Waals surface area contributed by atoms with Gasteiger partial charge < -0.3 is 10.0 Å². The van der Waals surface area contributed by atoms with E-state index in [1.807, 2.05) is 24.3 Å². The molecule has 1 N–H and O–H groups in total. The molecule has 4 heteroatoms. The Balaban J connectivity index is 2.01. The molecule has 0 aliphatic heterocycles. The Morgan fingerprint density at radius 3 is 2.43 bits per heavy atom. The first-order valence-electron chi connectivity index (χ1n) is 6.78. The molecule has 2 aromatic carbocycles. The van der Waals surface area contributed by atoms with Crippen LogP contribution >= 0.6 is 0 Å². The van der Waals surface area contributed by atoms with Crippen LogP contribution in [0, 0.1) is 0 Å². The largest absolute Gasteiger partial charge is 0.395 e. The molecule has 4 nitrogen and oxygen atoms in total. The second-order valence-electron chi connectivity index (χ2n) is 5.09. The summed E-state index contributed by atoms with van der Waals surface area (Å²) in [6.07, 6.45) is 0. The van der Waals surface area contributed by atoms with Gasteiger partial charge in [-0.3, -0.25) is 9.59 Å². The second-order valence-corrected chi connectivity index (χ2v) is 5.09. The molecule has 0 radical (unpaired) electrons. The van der Waals surface area contributed by atoms with Crippen molar-refractivity contribution in [2.75, 3.05) is 20.2 Å². The summed E-state index contributed by atoms with van der Waals surface area (Å²) in [7, 11) is 1.63. The number of rotatable bonds is 3. The molecule has 0 atom stereocenters. The van der Waals surface area contributed by atoms with Crippen molar-refractivity contribution in [2.24, 2.45) is 0 Å². The van der Waals surface area contributed by atoms with Crippen LogP contribution in [-0.2, 0) is 0 Å². The van der Waals surface area contributed by atoms with E-state index in [0.717, 1.165) is 11.1 Å². The van der Waals surface area contributed by atoms with Crippen molar-refractivity contribution in [1.82, 2.24) is 4.90 Å². The second kappa shape index (κ2) is 5.14. The van der Waals surface area contributed by atoms with Gasteiger partial charge in [0, 0.05) is 30.3 Å². The molecular weight excluding hydrogens is 266 g/mol. The molecule has 1 amide bonds. The highest BCUT2D eigenvalue weighted by Crippen LogP contribution is 2.36. The first-order valence-corrected chi connectivity index (χ1v) is 6.78. The summed E-state index contributed by atoms with van der Waals surface area (Å²) in [5.74, 6) is -0.240. The van der Waals surface area contributed by atoms with Crippen LogP contribution in [0.25, 0.3) is 11.1 Å². The number of hydrogen-bond donors (Lipinski definition) is 1. The number of benzene rings is 2. The number of fused-ring (bicyclic) bond motifs is 3. The molecule has 1 aliphatic carbocycles. The summed E-state index contributed by atoms with van der Waals surface area (Å²) in [5, 5.41) is 8.90. The van der Waals surface area contributed by atoms with E-state index in [4.69, 9.17) is 5.11 Å². The molecule has 0 unspecified atom stereocenters. The van der Waals surface area contributed by atoms with E-state index in [2.05, 4.69) is 0 Å². The van der Waals surface area contributed by atoms with Gasteiger partial charge >= 0.3 is 0 Å². The zero-order chi connectivity index (χ0) is 15.0. The number of likely N-dealkylation sites (N-methyl/N-ethyl adjacent to an activating group) is 1. The van der Waals surface area contributed by atoms with Crippen LogP contribution < -0.4 is 0 Å². The molecule has 0 heterocycles. The summed E-state index contributed by atoms with van der Waals surface area (Å²) in [6, 6.07) is 12.6. The van der Waals surface area contributed by atoms with Gasteiger partial charge in [0.05, 0.1) is 6.61 Å². The van der Waals surface area contributed by atoms with E-state index < -0.39 is 0 Å². The van der Waals surface area contributed by atoms with Crippen molar-refractivity contribution in [2.45, 2.75) is 0 Å². The summed E-state index contributed by atoms with van der Waals surface area (Å²) in [6.45, 7) is 0.182. The SMILES string of the molecule is CN(CCO)C(=O)c1ccc2c(c1)C(=O)c1ccccc1-2. The van der Waals surface area contributed by atoms with E-state index in [1.54, 1.807) is 25.2 Å². The highest BCUT2D eigenvalue weighted by molar-refractivity contribution is 6.22. The van der Waals surface area contributed by atoms with Gasteiger partial charge in [-0.1, -0.05) is 30.3 Å². The van der Waals surface area contributed by atoms with E-state index in [-0.39, 0.29) is 24.8 Å². The van der Waals surface area contributed by atoms with Gasteiger partial charge in [0.25, 0.3) is 5.91 Å². The summed E-state index contributed by atoms with van der Waals surface area (Å²) < 4.78 is 0. The topological polar surface area (TPSA) is 57.6 Å². The highest BCUT2D eigenvalue weighted by Gasteiger charge is 2.27. The molecule has 0 fully saturated rings. The maximum Gasteiger partial charge on any atom is 0.253 e. The van der Waals surface area contributed by atoms with Crippen molar-refractivity contribution in [1.29, 1.82) is 0 Å². The van der Waals surface area contributed by atoms with Crippen molar-refractivity contribution in [3.63, 3.8) is 0 Å². The minimum absolute atomic E-state index is 0.0416. The van der Waals surface area contributed by atoms with Gasteiger partial charge in [0.2, 0.25) is 0 Å². The van der Waals surface area contributed by atoms with Crippen molar-refractivity contribution in [3.05, 3.63) is 59.2 Å². The first-order chi connectivity index (χ1) is 10.1. The molecule has 1 aliphatic rings. The normalized spacial score (nSPS) is 12.0. The lowest BCUT2D eigenvalue weighted by atomic mass is 10.0. The van der Waals surface area contributed by atoms with Crippen LogP contribution in [0.3, 0.4) is 0 Å². The molecule has 21 heavy (non-hydrogen) atoms. The fraction of sp³-hybridized carbons (Fsp3) is 0.176. The monoisotopic (exact) mass is 281 g/mol. The molecular formula is C17H15NO3. The number of nitrogens with zero attached hydrogens (tertiary/aromatic N) is 1. The van der Waals surface area contributed by atoms with Gasteiger partial charge in [-0.05, 0) is 23.3 Å². The Bertz CT molecular complexity index is 737. The average Bonchev–Trinajstić information content (AvgIpc) is 2.80. The molecule has 0 aromatic heterocycles. The summed E-state index contributed by atoms with van der Waals surface area (Å²) in [5.41, 5.74) is 3.50. The van der Waals surface area contributed by atoms with Crippen molar-refractivity contribution < 1.29 is 14.7 Å². The smallest absolute Gasteiger partial charge is 0.253 e. The molecule has 3 rings (SSSR count). The third kappa shape index (κ3) is 2.14. The predicted octanol–water partition coefficient (Wildman–Crippen LogP) is 1.96. The Morgan fingerprint density at radius 2 is 1.71 bits per heavy atom. The molecule has 106 valence electrons. The number of carbonyl (C=O) groups is 2. The van der Waals surface area contributed by atoms with Crippen LogP contribution in [0.1, 0.15) is 26.3 Å². The summed E-state index contributed by atoms with van der Waals surface area (Å²) >= 11 is 0. The predicted molar refractivity (Wildman–Crippen MR) is 79.4 cm³/mol. The van der Waals surface area contributed by atoms with E-state index in [0.29, 0.717) is 16.7 Å². The Hall–Kier alpha value is -2.46.